The van der Waals surface area contributed by atoms with Gasteiger partial charge in [-0.05, 0) is 24.7 Å². The fourth-order valence-electron chi connectivity index (χ4n) is 1.83. The van der Waals surface area contributed by atoms with Crippen molar-refractivity contribution in [3.05, 3.63) is 11.8 Å². The molecule has 0 amide bonds. The van der Waals surface area contributed by atoms with Crippen LogP contribution in [0.15, 0.2) is 11.2 Å². The largest absolute Gasteiger partial charge is 0.310 e. The SMILES string of the molecule is CC(C)(C)CCNS(=O)(=O)c1[nH]ncc1CNC1CC1. The first-order chi connectivity index (χ1) is 9.28. The average molecular weight is 300 g/mol. The Morgan fingerprint density at radius 3 is 2.70 bits per heavy atom. The molecule has 20 heavy (non-hydrogen) atoms. The molecule has 0 aromatic carbocycles. The van der Waals surface area contributed by atoms with Crippen molar-refractivity contribution < 1.29 is 8.42 Å². The molecule has 1 aromatic heterocycles. The first-order valence-corrected chi connectivity index (χ1v) is 8.51. The summed E-state index contributed by atoms with van der Waals surface area (Å²) < 4.78 is 27.1. The number of H-pyrrole nitrogens is 1. The zero-order valence-corrected chi connectivity index (χ0v) is 13.2. The molecule has 1 heterocycles. The van der Waals surface area contributed by atoms with Gasteiger partial charge in [0, 0.05) is 24.7 Å². The molecule has 0 unspecified atom stereocenters. The maximum atomic E-state index is 12.3. The van der Waals surface area contributed by atoms with E-state index in [-0.39, 0.29) is 10.4 Å². The van der Waals surface area contributed by atoms with Crippen molar-refractivity contribution in [2.45, 2.75) is 57.6 Å². The van der Waals surface area contributed by atoms with Crippen LogP contribution in [-0.4, -0.2) is 31.2 Å². The number of sulfonamides is 1. The topological polar surface area (TPSA) is 86.9 Å². The van der Waals surface area contributed by atoms with E-state index in [2.05, 4.69) is 41.0 Å². The summed E-state index contributed by atoms with van der Waals surface area (Å²) in [6, 6.07) is 0.536. The maximum Gasteiger partial charge on any atom is 0.257 e. The fourth-order valence-corrected chi connectivity index (χ4v) is 2.99. The predicted octanol–water partition coefficient (Wildman–Crippen LogP) is 1.38. The van der Waals surface area contributed by atoms with Crippen molar-refractivity contribution in [2.75, 3.05) is 6.54 Å². The Morgan fingerprint density at radius 1 is 1.40 bits per heavy atom. The molecule has 3 N–H and O–H groups in total. The van der Waals surface area contributed by atoms with Crippen molar-refractivity contribution in [1.29, 1.82) is 0 Å². The highest BCUT2D eigenvalue weighted by Crippen LogP contribution is 2.21. The molecule has 114 valence electrons. The van der Waals surface area contributed by atoms with E-state index in [4.69, 9.17) is 0 Å². The van der Waals surface area contributed by atoms with Gasteiger partial charge in [0.05, 0.1) is 6.20 Å². The lowest BCUT2D eigenvalue weighted by molar-refractivity contribution is 0.378. The van der Waals surface area contributed by atoms with Crippen molar-refractivity contribution in [2.24, 2.45) is 5.41 Å². The minimum absolute atomic E-state index is 0.104. The zero-order valence-electron chi connectivity index (χ0n) is 12.4. The van der Waals surface area contributed by atoms with Crippen molar-refractivity contribution >= 4 is 10.0 Å². The maximum absolute atomic E-state index is 12.3. The van der Waals surface area contributed by atoms with E-state index in [1.807, 2.05) is 0 Å². The molecule has 2 rings (SSSR count). The summed E-state index contributed by atoms with van der Waals surface area (Å²) in [5, 5.41) is 9.94. The number of rotatable bonds is 7. The van der Waals surface area contributed by atoms with Crippen LogP contribution < -0.4 is 10.0 Å². The van der Waals surface area contributed by atoms with Crippen LogP contribution in [0.2, 0.25) is 0 Å². The Hall–Kier alpha value is -0.920. The summed E-state index contributed by atoms with van der Waals surface area (Å²) in [4.78, 5) is 0. The molecule has 1 aromatic rings. The second-order valence-corrected chi connectivity index (χ2v) is 8.29. The van der Waals surface area contributed by atoms with Gasteiger partial charge in [-0.15, -0.1) is 0 Å². The summed E-state index contributed by atoms with van der Waals surface area (Å²) in [6.07, 6.45) is 4.71. The van der Waals surface area contributed by atoms with E-state index in [1.54, 1.807) is 6.20 Å². The molecule has 1 aliphatic rings. The lowest BCUT2D eigenvalue weighted by Crippen LogP contribution is -2.29. The van der Waals surface area contributed by atoms with Crippen molar-refractivity contribution in [1.82, 2.24) is 20.2 Å². The van der Waals surface area contributed by atoms with E-state index in [1.165, 1.54) is 12.8 Å². The van der Waals surface area contributed by atoms with Crippen LogP contribution in [0.25, 0.3) is 0 Å². The van der Waals surface area contributed by atoms with Crippen LogP contribution in [-0.2, 0) is 16.6 Å². The van der Waals surface area contributed by atoms with E-state index in [0.29, 0.717) is 24.7 Å². The Morgan fingerprint density at radius 2 is 2.10 bits per heavy atom. The summed E-state index contributed by atoms with van der Waals surface area (Å²) in [7, 11) is -3.51. The van der Waals surface area contributed by atoms with Gasteiger partial charge in [0.15, 0.2) is 5.03 Å². The minimum atomic E-state index is -3.51. The van der Waals surface area contributed by atoms with Gasteiger partial charge in [-0.25, -0.2) is 13.1 Å². The summed E-state index contributed by atoms with van der Waals surface area (Å²) in [5.74, 6) is 0. The number of aromatic amines is 1. The van der Waals surface area contributed by atoms with Crippen LogP contribution in [0.4, 0.5) is 0 Å². The molecule has 0 saturated heterocycles. The van der Waals surface area contributed by atoms with Crippen LogP contribution >= 0.6 is 0 Å². The van der Waals surface area contributed by atoms with Gasteiger partial charge >= 0.3 is 0 Å². The van der Waals surface area contributed by atoms with Crippen LogP contribution in [0, 0.1) is 5.41 Å². The molecule has 0 spiro atoms. The standard InChI is InChI=1S/C13H24N4O2S/c1-13(2,3)6-7-16-20(18,19)12-10(9-15-17-12)8-14-11-4-5-11/h9,11,14,16H,4-8H2,1-3H3,(H,15,17). The number of hydrogen-bond donors (Lipinski definition) is 3. The monoisotopic (exact) mass is 300 g/mol. The Labute approximate surface area is 120 Å². The van der Waals surface area contributed by atoms with Gasteiger partial charge in [0.1, 0.15) is 0 Å². The minimum Gasteiger partial charge on any atom is -0.310 e. The van der Waals surface area contributed by atoms with Crippen molar-refractivity contribution in [3.63, 3.8) is 0 Å². The third kappa shape index (κ3) is 4.57. The van der Waals surface area contributed by atoms with E-state index in [0.717, 1.165) is 6.42 Å². The third-order valence-electron chi connectivity index (χ3n) is 3.27. The molecule has 0 bridgehead atoms. The second kappa shape index (κ2) is 5.83. The van der Waals surface area contributed by atoms with Gasteiger partial charge in [-0.3, -0.25) is 5.10 Å². The van der Waals surface area contributed by atoms with Crippen LogP contribution in [0.1, 0.15) is 45.6 Å². The van der Waals surface area contributed by atoms with Crippen LogP contribution in [0.5, 0.6) is 0 Å². The highest BCUT2D eigenvalue weighted by Gasteiger charge is 2.24. The molecule has 0 aliphatic heterocycles. The molecule has 0 radical (unpaired) electrons. The number of nitrogens with one attached hydrogen (secondary N) is 3. The number of aromatic nitrogens is 2. The Bertz CT molecular complexity index is 541. The lowest BCUT2D eigenvalue weighted by atomic mass is 9.93. The normalized spacial score (nSPS) is 16.6. The summed E-state index contributed by atoms with van der Waals surface area (Å²) in [6.45, 7) is 7.23. The fraction of sp³-hybridized carbons (Fsp3) is 0.769. The molecule has 0 atom stereocenters. The summed E-state index contributed by atoms with van der Waals surface area (Å²) >= 11 is 0. The van der Waals surface area contributed by atoms with E-state index < -0.39 is 10.0 Å². The highest BCUT2D eigenvalue weighted by atomic mass is 32.2. The Kier molecular flexibility index (Phi) is 4.51. The third-order valence-corrected chi connectivity index (χ3v) is 4.75. The molecular weight excluding hydrogens is 276 g/mol. The smallest absolute Gasteiger partial charge is 0.257 e. The van der Waals surface area contributed by atoms with E-state index in [9.17, 15) is 8.42 Å². The average Bonchev–Trinajstić information content (AvgIpc) is 3.01. The highest BCUT2D eigenvalue weighted by molar-refractivity contribution is 7.89. The number of hydrogen-bond acceptors (Lipinski definition) is 4. The molecule has 1 saturated carbocycles. The molecule has 7 heteroatoms. The molecular formula is C13H24N4O2S. The van der Waals surface area contributed by atoms with Gasteiger partial charge in [-0.1, -0.05) is 20.8 Å². The predicted molar refractivity (Wildman–Crippen MR) is 77.7 cm³/mol. The second-order valence-electron chi connectivity index (χ2n) is 6.59. The summed E-state index contributed by atoms with van der Waals surface area (Å²) in [5.41, 5.74) is 0.799. The van der Waals surface area contributed by atoms with Gasteiger partial charge in [0.2, 0.25) is 0 Å². The lowest BCUT2D eigenvalue weighted by Gasteiger charge is -2.18. The van der Waals surface area contributed by atoms with Crippen molar-refractivity contribution in [3.8, 4) is 0 Å². The zero-order chi connectivity index (χ0) is 14.8. The van der Waals surface area contributed by atoms with Gasteiger partial charge in [0.25, 0.3) is 10.0 Å². The molecule has 1 fully saturated rings. The Balaban J connectivity index is 1.95. The van der Waals surface area contributed by atoms with Gasteiger partial charge in [-0.2, -0.15) is 5.10 Å². The number of nitrogens with zero attached hydrogens (tertiary/aromatic N) is 1. The molecule has 1 aliphatic carbocycles. The van der Waals surface area contributed by atoms with Gasteiger partial charge < -0.3 is 5.32 Å². The quantitative estimate of drug-likeness (QED) is 0.710. The van der Waals surface area contributed by atoms with E-state index >= 15 is 0 Å². The van der Waals surface area contributed by atoms with Crippen LogP contribution in [0.3, 0.4) is 0 Å². The first-order valence-electron chi connectivity index (χ1n) is 7.03. The molecule has 6 nitrogen and oxygen atoms in total. The first kappa shape index (κ1) is 15.5.